The van der Waals surface area contributed by atoms with Gasteiger partial charge in [-0.15, -0.1) is 0 Å². The number of rotatable bonds is 3. The van der Waals surface area contributed by atoms with E-state index in [1.807, 2.05) is 0 Å². The summed E-state index contributed by atoms with van der Waals surface area (Å²) in [4.78, 5) is 10.5. The fourth-order valence-electron chi connectivity index (χ4n) is 1.68. The van der Waals surface area contributed by atoms with Gasteiger partial charge >= 0.3 is 0 Å². The zero-order valence-corrected chi connectivity index (χ0v) is 7.75. The Balaban J connectivity index is 2.33. The molecule has 0 aliphatic heterocycles. The molecule has 0 bridgehead atoms. The molecule has 0 atom stereocenters. The van der Waals surface area contributed by atoms with Crippen LogP contribution in [0.25, 0.3) is 0 Å². The fraction of sp³-hybridized carbons (Fsp3) is 0.667. The molecule has 1 amide bonds. The summed E-state index contributed by atoms with van der Waals surface area (Å²) >= 11 is 0. The normalized spacial score (nSPS) is 19.8. The van der Waals surface area contributed by atoms with Crippen molar-refractivity contribution in [1.29, 1.82) is 0 Å². The van der Waals surface area contributed by atoms with Crippen molar-refractivity contribution in [2.45, 2.75) is 38.1 Å². The van der Waals surface area contributed by atoms with E-state index >= 15 is 0 Å². The molecule has 0 aromatic rings. The van der Waals surface area contributed by atoms with Gasteiger partial charge in [0.25, 0.3) is 0 Å². The topological polar surface area (TPSA) is 81.1 Å². The van der Waals surface area contributed by atoms with Crippen LogP contribution >= 0.6 is 0 Å². The molecule has 1 rings (SSSR count). The van der Waals surface area contributed by atoms with Crippen LogP contribution in [0, 0.1) is 0 Å². The quantitative estimate of drug-likeness (QED) is 0.546. The molecule has 74 valence electrons. The molecule has 13 heavy (non-hydrogen) atoms. The SMILES string of the molecule is NC(=O)/C=C(/N)NC1CCCCC1. The lowest BCUT2D eigenvalue weighted by Gasteiger charge is -2.23. The van der Waals surface area contributed by atoms with Crippen molar-refractivity contribution < 1.29 is 4.79 Å². The van der Waals surface area contributed by atoms with Crippen LogP contribution < -0.4 is 16.8 Å². The lowest BCUT2D eigenvalue weighted by molar-refractivity contribution is -0.113. The fourth-order valence-corrected chi connectivity index (χ4v) is 1.68. The molecular weight excluding hydrogens is 166 g/mol. The summed E-state index contributed by atoms with van der Waals surface area (Å²) in [5.41, 5.74) is 10.5. The summed E-state index contributed by atoms with van der Waals surface area (Å²) in [6.07, 6.45) is 7.27. The highest BCUT2D eigenvalue weighted by atomic mass is 16.1. The van der Waals surface area contributed by atoms with E-state index < -0.39 is 5.91 Å². The molecule has 0 aromatic heterocycles. The molecule has 0 unspecified atom stereocenters. The predicted octanol–water partition coefficient (Wildman–Crippen LogP) is 0.194. The Morgan fingerprint density at radius 2 is 1.85 bits per heavy atom. The molecule has 1 aliphatic rings. The van der Waals surface area contributed by atoms with E-state index in [0.29, 0.717) is 11.9 Å². The molecule has 4 heteroatoms. The van der Waals surface area contributed by atoms with Gasteiger partial charge < -0.3 is 16.8 Å². The molecule has 1 fully saturated rings. The van der Waals surface area contributed by atoms with Crippen molar-refractivity contribution in [3.8, 4) is 0 Å². The number of amides is 1. The third-order valence-corrected chi connectivity index (χ3v) is 2.27. The number of hydrogen-bond acceptors (Lipinski definition) is 3. The summed E-state index contributed by atoms with van der Waals surface area (Å²) in [6.45, 7) is 0. The first-order chi connectivity index (χ1) is 6.18. The van der Waals surface area contributed by atoms with Crippen molar-refractivity contribution in [3.05, 3.63) is 11.9 Å². The van der Waals surface area contributed by atoms with Gasteiger partial charge in [0, 0.05) is 12.1 Å². The van der Waals surface area contributed by atoms with Crippen LogP contribution in [0.1, 0.15) is 32.1 Å². The average Bonchev–Trinajstić information content (AvgIpc) is 2.04. The second-order valence-electron chi connectivity index (χ2n) is 3.48. The van der Waals surface area contributed by atoms with Gasteiger partial charge in [-0.05, 0) is 12.8 Å². The summed E-state index contributed by atoms with van der Waals surface area (Å²) in [6, 6.07) is 0.421. The Labute approximate surface area is 78.4 Å². The van der Waals surface area contributed by atoms with Crippen molar-refractivity contribution in [3.63, 3.8) is 0 Å². The first-order valence-corrected chi connectivity index (χ1v) is 4.71. The van der Waals surface area contributed by atoms with Gasteiger partial charge in [-0.25, -0.2) is 0 Å². The number of carbonyl (C=O) groups is 1. The number of carbonyl (C=O) groups excluding carboxylic acids is 1. The largest absolute Gasteiger partial charge is 0.385 e. The molecule has 0 aromatic carbocycles. The highest BCUT2D eigenvalue weighted by Crippen LogP contribution is 2.17. The zero-order chi connectivity index (χ0) is 9.68. The zero-order valence-electron chi connectivity index (χ0n) is 7.75. The summed E-state index contributed by atoms with van der Waals surface area (Å²) in [5.74, 6) is -0.111. The molecule has 1 saturated carbocycles. The minimum Gasteiger partial charge on any atom is -0.385 e. The van der Waals surface area contributed by atoms with Crippen LogP contribution in [0.3, 0.4) is 0 Å². The third-order valence-electron chi connectivity index (χ3n) is 2.27. The van der Waals surface area contributed by atoms with Gasteiger partial charge in [-0.2, -0.15) is 0 Å². The Morgan fingerprint density at radius 3 is 2.38 bits per heavy atom. The van der Waals surface area contributed by atoms with E-state index in [1.54, 1.807) is 0 Å². The maximum atomic E-state index is 10.5. The van der Waals surface area contributed by atoms with Crippen LogP contribution in [-0.2, 0) is 4.79 Å². The molecule has 0 spiro atoms. The molecular formula is C9H17N3O. The van der Waals surface area contributed by atoms with Gasteiger partial charge in [0.2, 0.25) is 5.91 Å². The summed E-state index contributed by atoms with van der Waals surface area (Å²) in [7, 11) is 0. The van der Waals surface area contributed by atoms with Crippen molar-refractivity contribution >= 4 is 5.91 Å². The summed E-state index contributed by atoms with van der Waals surface area (Å²) in [5, 5.41) is 3.09. The number of nitrogens with two attached hydrogens (primary N) is 2. The molecule has 0 heterocycles. The van der Waals surface area contributed by atoms with Gasteiger partial charge in [0.05, 0.1) is 0 Å². The lowest BCUT2D eigenvalue weighted by Crippen LogP contribution is -2.34. The Morgan fingerprint density at radius 1 is 1.23 bits per heavy atom. The Hall–Kier alpha value is -1.19. The lowest BCUT2D eigenvalue weighted by atomic mass is 9.95. The molecule has 4 nitrogen and oxygen atoms in total. The maximum Gasteiger partial charge on any atom is 0.245 e. The van der Waals surface area contributed by atoms with E-state index in [2.05, 4.69) is 5.32 Å². The second-order valence-corrected chi connectivity index (χ2v) is 3.48. The predicted molar refractivity (Wildman–Crippen MR) is 51.5 cm³/mol. The monoisotopic (exact) mass is 183 g/mol. The van der Waals surface area contributed by atoms with Crippen molar-refractivity contribution in [1.82, 2.24) is 5.32 Å². The highest BCUT2D eigenvalue weighted by molar-refractivity contribution is 5.86. The number of nitrogens with one attached hydrogen (secondary N) is 1. The highest BCUT2D eigenvalue weighted by Gasteiger charge is 2.12. The van der Waals surface area contributed by atoms with E-state index in [0.717, 1.165) is 12.8 Å². The van der Waals surface area contributed by atoms with Crippen LogP contribution in [0.15, 0.2) is 11.9 Å². The van der Waals surface area contributed by atoms with Crippen LogP contribution in [0.5, 0.6) is 0 Å². The molecule has 1 aliphatic carbocycles. The first-order valence-electron chi connectivity index (χ1n) is 4.71. The van der Waals surface area contributed by atoms with Crippen LogP contribution in [-0.4, -0.2) is 11.9 Å². The minimum atomic E-state index is -0.499. The minimum absolute atomic E-state index is 0.388. The molecule has 5 N–H and O–H groups in total. The van der Waals surface area contributed by atoms with E-state index in [-0.39, 0.29) is 0 Å². The van der Waals surface area contributed by atoms with Crippen LogP contribution in [0.2, 0.25) is 0 Å². The van der Waals surface area contributed by atoms with Crippen molar-refractivity contribution in [2.24, 2.45) is 11.5 Å². The maximum absolute atomic E-state index is 10.5. The average molecular weight is 183 g/mol. The standard InChI is InChI=1S/C9H17N3O/c10-8(6-9(11)13)12-7-4-2-1-3-5-7/h6-7,12H,1-5,10H2,(H2,11,13)/b8-6-. The molecule has 0 radical (unpaired) electrons. The summed E-state index contributed by atoms with van der Waals surface area (Å²) < 4.78 is 0. The van der Waals surface area contributed by atoms with E-state index in [4.69, 9.17) is 11.5 Å². The molecule has 0 saturated heterocycles. The Kier molecular flexibility index (Phi) is 3.61. The number of hydrogen-bond donors (Lipinski definition) is 3. The third kappa shape index (κ3) is 3.83. The van der Waals surface area contributed by atoms with Crippen molar-refractivity contribution in [2.75, 3.05) is 0 Å². The Bertz CT molecular complexity index is 207. The number of primary amides is 1. The van der Waals surface area contributed by atoms with E-state index in [1.165, 1.54) is 25.3 Å². The second kappa shape index (κ2) is 4.74. The van der Waals surface area contributed by atoms with Gasteiger partial charge in [-0.3, -0.25) is 4.79 Å². The van der Waals surface area contributed by atoms with Gasteiger partial charge in [-0.1, -0.05) is 19.3 Å². The van der Waals surface area contributed by atoms with Crippen LogP contribution in [0.4, 0.5) is 0 Å². The smallest absolute Gasteiger partial charge is 0.245 e. The van der Waals surface area contributed by atoms with E-state index in [9.17, 15) is 4.79 Å². The van der Waals surface area contributed by atoms with Gasteiger partial charge in [0.1, 0.15) is 5.82 Å². The first kappa shape index (κ1) is 9.89. The van der Waals surface area contributed by atoms with Gasteiger partial charge in [0.15, 0.2) is 0 Å².